The van der Waals surface area contributed by atoms with E-state index < -0.39 is 11.6 Å². The highest BCUT2D eigenvalue weighted by Crippen LogP contribution is 2.42. The van der Waals surface area contributed by atoms with E-state index in [0.717, 1.165) is 12.0 Å². The van der Waals surface area contributed by atoms with Crippen LogP contribution >= 0.6 is 0 Å². The smallest absolute Gasteiger partial charge is 0.410 e. The molecule has 2 atom stereocenters. The van der Waals surface area contributed by atoms with E-state index in [1.807, 2.05) is 26.8 Å². The highest BCUT2D eigenvalue weighted by Gasteiger charge is 2.40. The van der Waals surface area contributed by atoms with Crippen molar-refractivity contribution in [3.63, 3.8) is 0 Å². The van der Waals surface area contributed by atoms with Crippen molar-refractivity contribution in [1.82, 2.24) is 4.90 Å². The molecule has 0 bridgehead atoms. The Morgan fingerprint density at radius 1 is 1.35 bits per heavy atom. The lowest BCUT2D eigenvalue weighted by Crippen LogP contribution is -2.46. The van der Waals surface area contributed by atoms with Crippen molar-refractivity contribution in [3.05, 3.63) is 29.3 Å². The molecule has 0 aromatic heterocycles. The highest BCUT2D eigenvalue weighted by molar-refractivity contribution is 5.96. The molecule has 1 amide bonds. The monoisotopic (exact) mass is 318 g/mol. The minimum absolute atomic E-state index is 0.102. The molecule has 1 fully saturated rings. The first kappa shape index (κ1) is 15.6. The van der Waals surface area contributed by atoms with Crippen LogP contribution < -0.4 is 5.32 Å². The number of nitrogens with zero attached hydrogens (tertiary/aromatic N) is 1. The van der Waals surface area contributed by atoms with Crippen LogP contribution in [0.15, 0.2) is 18.2 Å². The molecule has 0 aliphatic carbocycles. The summed E-state index contributed by atoms with van der Waals surface area (Å²) in [6.45, 7) is 6.71. The zero-order chi connectivity index (χ0) is 16.8. The van der Waals surface area contributed by atoms with Crippen molar-refractivity contribution >= 4 is 17.7 Å². The molecule has 2 N–H and O–H groups in total. The Hall–Kier alpha value is -2.24. The lowest BCUT2D eigenvalue weighted by Gasteiger charge is -2.36. The standard InChI is InChI=1S/C17H22N2O4/c1-17(2,3)23-16(22)19-8-7-13-12(9-19)10-5-4-6-11(15(20)21)14(10)18-13/h4-6,12-13,18H,7-9H2,1-3H3,(H,20,21). The van der Waals surface area contributed by atoms with Gasteiger partial charge in [0.1, 0.15) is 5.60 Å². The van der Waals surface area contributed by atoms with E-state index in [4.69, 9.17) is 4.74 Å². The molecule has 2 unspecified atom stereocenters. The van der Waals surface area contributed by atoms with Gasteiger partial charge >= 0.3 is 12.1 Å². The van der Waals surface area contributed by atoms with E-state index in [1.54, 1.807) is 17.0 Å². The van der Waals surface area contributed by atoms with Crippen LogP contribution in [-0.2, 0) is 4.74 Å². The number of para-hydroxylation sites is 1. The fourth-order valence-electron chi connectivity index (χ4n) is 3.34. The molecular formula is C17H22N2O4. The van der Waals surface area contributed by atoms with Crippen molar-refractivity contribution in [3.8, 4) is 0 Å². The predicted octanol–water partition coefficient (Wildman–Crippen LogP) is 2.90. The maximum Gasteiger partial charge on any atom is 0.410 e. The summed E-state index contributed by atoms with van der Waals surface area (Å²) in [4.78, 5) is 25.4. The summed E-state index contributed by atoms with van der Waals surface area (Å²) in [6.07, 6.45) is 0.469. The number of nitrogens with one attached hydrogen (secondary N) is 1. The SMILES string of the molecule is CC(C)(C)OC(=O)N1CCC2Nc3c(C(=O)O)cccc3C2C1. The topological polar surface area (TPSA) is 78.9 Å². The van der Waals surface area contributed by atoms with Crippen LogP contribution in [0.5, 0.6) is 0 Å². The van der Waals surface area contributed by atoms with Crippen LogP contribution in [0.2, 0.25) is 0 Å². The summed E-state index contributed by atoms with van der Waals surface area (Å²) in [5.41, 5.74) is 1.45. The molecular weight excluding hydrogens is 296 g/mol. The Bertz CT molecular complexity index is 650. The molecule has 0 spiro atoms. The van der Waals surface area contributed by atoms with Gasteiger partial charge in [0.05, 0.1) is 11.3 Å². The van der Waals surface area contributed by atoms with Gasteiger partial charge in [-0.25, -0.2) is 9.59 Å². The van der Waals surface area contributed by atoms with Crippen molar-refractivity contribution in [2.24, 2.45) is 0 Å². The van der Waals surface area contributed by atoms with E-state index in [1.165, 1.54) is 0 Å². The summed E-state index contributed by atoms with van der Waals surface area (Å²) >= 11 is 0. The number of hydrogen-bond donors (Lipinski definition) is 2. The van der Waals surface area contributed by atoms with Crippen LogP contribution in [0.4, 0.5) is 10.5 Å². The maximum atomic E-state index is 12.3. The fraction of sp³-hybridized carbons (Fsp3) is 0.529. The number of hydrogen-bond acceptors (Lipinski definition) is 4. The molecule has 0 radical (unpaired) electrons. The average molecular weight is 318 g/mol. The quantitative estimate of drug-likeness (QED) is 0.832. The molecule has 0 saturated carbocycles. The summed E-state index contributed by atoms with van der Waals surface area (Å²) in [5.74, 6) is -0.831. The molecule has 1 aromatic rings. The van der Waals surface area contributed by atoms with E-state index in [-0.39, 0.29) is 18.1 Å². The number of piperidine rings is 1. The molecule has 124 valence electrons. The number of benzene rings is 1. The van der Waals surface area contributed by atoms with E-state index in [2.05, 4.69) is 5.32 Å². The minimum atomic E-state index is -0.933. The first-order valence-electron chi connectivity index (χ1n) is 7.87. The lowest BCUT2D eigenvalue weighted by atomic mass is 9.89. The van der Waals surface area contributed by atoms with Gasteiger partial charge < -0.3 is 20.1 Å². The van der Waals surface area contributed by atoms with E-state index in [9.17, 15) is 14.7 Å². The molecule has 2 aliphatic heterocycles. The fourth-order valence-corrected chi connectivity index (χ4v) is 3.34. The van der Waals surface area contributed by atoms with E-state index >= 15 is 0 Å². The molecule has 2 heterocycles. The number of rotatable bonds is 1. The van der Waals surface area contributed by atoms with Gasteiger partial charge in [-0.3, -0.25) is 0 Å². The lowest BCUT2D eigenvalue weighted by molar-refractivity contribution is 0.0195. The van der Waals surface area contributed by atoms with Crippen molar-refractivity contribution in [1.29, 1.82) is 0 Å². The second kappa shape index (κ2) is 5.44. The number of ether oxygens (including phenoxy) is 1. The van der Waals surface area contributed by atoms with Crippen LogP contribution in [0, 0.1) is 0 Å². The zero-order valence-electron chi connectivity index (χ0n) is 13.6. The highest BCUT2D eigenvalue weighted by atomic mass is 16.6. The predicted molar refractivity (Wildman–Crippen MR) is 86.0 cm³/mol. The van der Waals surface area contributed by atoms with Gasteiger partial charge in [0.15, 0.2) is 0 Å². The Kier molecular flexibility index (Phi) is 3.70. The number of amides is 1. The van der Waals surface area contributed by atoms with E-state index in [0.29, 0.717) is 24.3 Å². The van der Waals surface area contributed by atoms with Crippen LogP contribution in [0.3, 0.4) is 0 Å². The normalized spacial score (nSPS) is 22.8. The summed E-state index contributed by atoms with van der Waals surface area (Å²) < 4.78 is 5.45. The second-order valence-corrected chi connectivity index (χ2v) is 7.15. The van der Waals surface area contributed by atoms with Gasteiger partial charge in [-0.05, 0) is 38.8 Å². The first-order chi connectivity index (χ1) is 10.8. The van der Waals surface area contributed by atoms with Crippen molar-refractivity contribution in [2.75, 3.05) is 18.4 Å². The number of carboxylic acid groups (broad SMARTS) is 1. The van der Waals surface area contributed by atoms with Crippen LogP contribution in [0.1, 0.15) is 49.0 Å². The van der Waals surface area contributed by atoms with Gasteiger partial charge in [0.2, 0.25) is 0 Å². The Balaban J connectivity index is 1.81. The van der Waals surface area contributed by atoms with Gasteiger partial charge in [-0.15, -0.1) is 0 Å². The van der Waals surface area contributed by atoms with Crippen LogP contribution in [0.25, 0.3) is 0 Å². The summed E-state index contributed by atoms with van der Waals surface area (Å²) in [5, 5.41) is 12.7. The third-order valence-corrected chi connectivity index (χ3v) is 4.32. The largest absolute Gasteiger partial charge is 0.478 e. The Morgan fingerprint density at radius 3 is 2.74 bits per heavy atom. The second-order valence-electron chi connectivity index (χ2n) is 7.15. The van der Waals surface area contributed by atoms with Gasteiger partial charge in [-0.2, -0.15) is 0 Å². The number of anilines is 1. The van der Waals surface area contributed by atoms with Crippen molar-refractivity contribution in [2.45, 2.75) is 44.8 Å². The molecule has 6 heteroatoms. The molecule has 2 aliphatic rings. The number of carbonyl (C=O) groups is 2. The molecule has 1 saturated heterocycles. The maximum absolute atomic E-state index is 12.3. The molecule has 3 rings (SSSR count). The van der Waals surface area contributed by atoms with Gasteiger partial charge in [-0.1, -0.05) is 12.1 Å². The zero-order valence-corrected chi connectivity index (χ0v) is 13.6. The molecule has 1 aromatic carbocycles. The number of fused-ring (bicyclic) bond motifs is 3. The Labute approximate surface area is 135 Å². The minimum Gasteiger partial charge on any atom is -0.478 e. The van der Waals surface area contributed by atoms with Gasteiger partial charge in [0, 0.05) is 25.0 Å². The third kappa shape index (κ3) is 2.98. The number of aromatic carboxylic acids is 1. The summed E-state index contributed by atoms with van der Waals surface area (Å²) in [6, 6.07) is 5.48. The first-order valence-corrected chi connectivity index (χ1v) is 7.87. The van der Waals surface area contributed by atoms with Crippen molar-refractivity contribution < 1.29 is 19.4 Å². The van der Waals surface area contributed by atoms with Gasteiger partial charge in [0.25, 0.3) is 0 Å². The Morgan fingerprint density at radius 2 is 2.09 bits per heavy atom. The summed E-state index contributed by atoms with van der Waals surface area (Å²) in [7, 11) is 0. The molecule has 6 nitrogen and oxygen atoms in total. The number of carboxylic acids is 1. The third-order valence-electron chi connectivity index (χ3n) is 4.32. The average Bonchev–Trinajstić information content (AvgIpc) is 2.82. The van der Waals surface area contributed by atoms with Crippen LogP contribution in [-0.4, -0.2) is 46.8 Å². The number of likely N-dealkylation sites (tertiary alicyclic amines) is 1. The number of carbonyl (C=O) groups excluding carboxylic acids is 1. The molecule has 23 heavy (non-hydrogen) atoms.